The third-order valence-corrected chi connectivity index (χ3v) is 2.24. The molecule has 13 heavy (non-hydrogen) atoms. The minimum absolute atomic E-state index is 0.0848. The molecular formula is C9H8BrNO2. The lowest BCUT2D eigenvalue weighted by molar-refractivity contribution is 0.404. The number of phenolic OH excluding ortho intramolecular Hbond substituents is 1. The first-order chi connectivity index (χ1) is 6.19. The van der Waals surface area contributed by atoms with Gasteiger partial charge in [-0.2, -0.15) is 5.26 Å². The van der Waals surface area contributed by atoms with Crippen LogP contribution in [-0.2, 0) is 6.42 Å². The van der Waals surface area contributed by atoms with Crippen LogP contribution in [0.25, 0.3) is 0 Å². The maximum Gasteiger partial charge on any atom is 0.136 e. The van der Waals surface area contributed by atoms with Crippen LogP contribution >= 0.6 is 15.9 Å². The van der Waals surface area contributed by atoms with Crippen molar-refractivity contribution in [1.82, 2.24) is 0 Å². The molecule has 0 unspecified atom stereocenters. The lowest BCUT2D eigenvalue weighted by Gasteiger charge is -2.06. The molecule has 0 aliphatic heterocycles. The molecule has 1 N–H and O–H groups in total. The highest BCUT2D eigenvalue weighted by Crippen LogP contribution is 2.32. The molecule has 0 fully saturated rings. The number of ether oxygens (including phenoxy) is 1. The van der Waals surface area contributed by atoms with E-state index in [0.29, 0.717) is 11.3 Å². The first-order valence-electron chi connectivity index (χ1n) is 3.61. The van der Waals surface area contributed by atoms with Gasteiger partial charge in [-0.15, -0.1) is 0 Å². The molecule has 4 heteroatoms. The van der Waals surface area contributed by atoms with E-state index in [1.165, 1.54) is 13.2 Å². The summed E-state index contributed by atoms with van der Waals surface area (Å²) in [6.07, 6.45) is 0.189. The number of halogens is 1. The summed E-state index contributed by atoms with van der Waals surface area (Å²) in [4.78, 5) is 0. The summed E-state index contributed by atoms with van der Waals surface area (Å²) in [6.45, 7) is 0. The third-order valence-electron chi connectivity index (χ3n) is 1.62. The number of nitriles is 1. The smallest absolute Gasteiger partial charge is 0.136 e. The van der Waals surface area contributed by atoms with E-state index in [9.17, 15) is 5.11 Å². The Balaban J connectivity index is 3.14. The van der Waals surface area contributed by atoms with E-state index in [4.69, 9.17) is 10.00 Å². The molecular weight excluding hydrogens is 234 g/mol. The fourth-order valence-corrected chi connectivity index (χ4v) is 1.52. The average Bonchev–Trinajstić information content (AvgIpc) is 2.11. The lowest BCUT2D eigenvalue weighted by Crippen LogP contribution is -1.88. The van der Waals surface area contributed by atoms with Crippen molar-refractivity contribution in [2.24, 2.45) is 0 Å². The number of rotatable bonds is 2. The number of aromatic hydroxyl groups is 1. The maximum atomic E-state index is 9.43. The molecule has 0 amide bonds. The second kappa shape index (κ2) is 4.15. The number of hydrogen-bond donors (Lipinski definition) is 1. The van der Waals surface area contributed by atoms with Gasteiger partial charge in [-0.05, 0) is 22.0 Å². The highest BCUT2D eigenvalue weighted by Gasteiger charge is 2.07. The molecule has 0 aliphatic carbocycles. The van der Waals surface area contributed by atoms with Crippen molar-refractivity contribution in [3.8, 4) is 17.6 Å². The standard InChI is InChI=1S/C9H8BrNO2/c1-13-9-5-8(12)6(2-3-11)4-7(9)10/h4-5,12H,2H2,1H3. The largest absolute Gasteiger partial charge is 0.507 e. The summed E-state index contributed by atoms with van der Waals surface area (Å²) < 4.78 is 5.70. The quantitative estimate of drug-likeness (QED) is 0.865. The van der Waals surface area contributed by atoms with E-state index in [0.717, 1.165) is 4.47 Å². The lowest BCUT2D eigenvalue weighted by atomic mass is 10.1. The normalized spacial score (nSPS) is 9.31. The Hall–Kier alpha value is -1.21. The van der Waals surface area contributed by atoms with Crippen molar-refractivity contribution in [2.75, 3.05) is 7.11 Å². The number of hydrogen-bond acceptors (Lipinski definition) is 3. The molecule has 0 heterocycles. The van der Waals surface area contributed by atoms with Crippen LogP contribution in [0.2, 0.25) is 0 Å². The van der Waals surface area contributed by atoms with Crippen LogP contribution in [-0.4, -0.2) is 12.2 Å². The summed E-state index contributed by atoms with van der Waals surface area (Å²) in [6, 6.07) is 5.13. The van der Waals surface area contributed by atoms with Crippen molar-refractivity contribution in [3.05, 3.63) is 22.2 Å². The van der Waals surface area contributed by atoms with Crippen LogP contribution in [0.1, 0.15) is 5.56 Å². The molecule has 3 nitrogen and oxygen atoms in total. The zero-order chi connectivity index (χ0) is 9.84. The maximum absolute atomic E-state index is 9.43. The molecule has 68 valence electrons. The zero-order valence-corrected chi connectivity index (χ0v) is 8.63. The molecule has 0 spiro atoms. The molecule has 0 bridgehead atoms. The Morgan fingerprint density at radius 2 is 2.31 bits per heavy atom. The molecule has 0 aliphatic rings. The van der Waals surface area contributed by atoms with Crippen molar-refractivity contribution < 1.29 is 9.84 Å². The Labute approximate surface area is 84.7 Å². The van der Waals surface area contributed by atoms with Gasteiger partial charge in [0.05, 0.1) is 24.1 Å². The van der Waals surface area contributed by atoms with E-state index in [1.54, 1.807) is 6.07 Å². The predicted molar refractivity (Wildman–Crippen MR) is 51.7 cm³/mol. The van der Waals surface area contributed by atoms with E-state index < -0.39 is 0 Å². The summed E-state index contributed by atoms with van der Waals surface area (Å²) in [5, 5.41) is 17.9. The molecule has 1 aromatic rings. The fraction of sp³-hybridized carbons (Fsp3) is 0.222. The van der Waals surface area contributed by atoms with Crippen LogP contribution in [0, 0.1) is 11.3 Å². The fourth-order valence-electron chi connectivity index (χ4n) is 0.967. The molecule has 1 aromatic carbocycles. The van der Waals surface area contributed by atoms with Gasteiger partial charge < -0.3 is 9.84 Å². The molecule has 0 saturated heterocycles. The van der Waals surface area contributed by atoms with Crippen molar-refractivity contribution in [3.63, 3.8) is 0 Å². The number of methoxy groups -OCH3 is 1. The summed E-state index contributed by atoms with van der Waals surface area (Å²) in [7, 11) is 1.52. The third kappa shape index (κ3) is 2.13. The van der Waals surface area contributed by atoms with Crippen molar-refractivity contribution >= 4 is 15.9 Å². The van der Waals surface area contributed by atoms with Crippen molar-refractivity contribution in [2.45, 2.75) is 6.42 Å². The van der Waals surface area contributed by atoms with Crippen LogP contribution in [0.15, 0.2) is 16.6 Å². The summed E-state index contributed by atoms with van der Waals surface area (Å²) in [5.41, 5.74) is 0.593. The van der Waals surface area contributed by atoms with Gasteiger partial charge in [0.1, 0.15) is 11.5 Å². The van der Waals surface area contributed by atoms with Crippen LogP contribution in [0.5, 0.6) is 11.5 Å². The zero-order valence-electron chi connectivity index (χ0n) is 7.04. The van der Waals surface area contributed by atoms with Gasteiger partial charge in [-0.1, -0.05) is 0 Å². The van der Waals surface area contributed by atoms with Gasteiger partial charge in [-0.3, -0.25) is 0 Å². The topological polar surface area (TPSA) is 53.2 Å². The highest BCUT2D eigenvalue weighted by atomic mass is 79.9. The average molecular weight is 242 g/mol. The number of phenols is 1. The molecule has 0 atom stereocenters. The van der Waals surface area contributed by atoms with Gasteiger partial charge in [-0.25, -0.2) is 0 Å². The minimum atomic E-state index is 0.0848. The van der Waals surface area contributed by atoms with Gasteiger partial charge >= 0.3 is 0 Å². The Bertz CT molecular complexity index is 357. The minimum Gasteiger partial charge on any atom is -0.507 e. The first-order valence-corrected chi connectivity index (χ1v) is 4.40. The van der Waals surface area contributed by atoms with Crippen molar-refractivity contribution in [1.29, 1.82) is 5.26 Å². The molecule has 0 aromatic heterocycles. The van der Waals surface area contributed by atoms with E-state index in [-0.39, 0.29) is 12.2 Å². The Kier molecular flexibility index (Phi) is 3.15. The van der Waals surface area contributed by atoms with E-state index >= 15 is 0 Å². The molecule has 0 radical (unpaired) electrons. The number of nitrogens with zero attached hydrogens (tertiary/aromatic N) is 1. The monoisotopic (exact) mass is 241 g/mol. The van der Waals surface area contributed by atoms with E-state index in [1.807, 2.05) is 6.07 Å². The van der Waals surface area contributed by atoms with Crippen LogP contribution in [0.3, 0.4) is 0 Å². The van der Waals surface area contributed by atoms with Gasteiger partial charge in [0, 0.05) is 11.6 Å². The molecule has 1 rings (SSSR count). The number of benzene rings is 1. The summed E-state index contributed by atoms with van der Waals surface area (Å²) >= 11 is 3.27. The predicted octanol–water partition coefficient (Wildman–Crippen LogP) is 2.23. The van der Waals surface area contributed by atoms with Gasteiger partial charge in [0.15, 0.2) is 0 Å². The van der Waals surface area contributed by atoms with Crippen LogP contribution in [0.4, 0.5) is 0 Å². The Morgan fingerprint density at radius 1 is 1.62 bits per heavy atom. The second-order valence-corrected chi connectivity index (χ2v) is 3.30. The van der Waals surface area contributed by atoms with Gasteiger partial charge in [0.2, 0.25) is 0 Å². The highest BCUT2D eigenvalue weighted by molar-refractivity contribution is 9.10. The molecule has 0 saturated carbocycles. The van der Waals surface area contributed by atoms with Gasteiger partial charge in [0.25, 0.3) is 0 Å². The summed E-state index contributed by atoms with van der Waals surface area (Å²) in [5.74, 6) is 0.640. The Morgan fingerprint density at radius 3 is 2.85 bits per heavy atom. The van der Waals surface area contributed by atoms with Crippen LogP contribution < -0.4 is 4.74 Å². The van der Waals surface area contributed by atoms with E-state index in [2.05, 4.69) is 15.9 Å². The second-order valence-electron chi connectivity index (χ2n) is 2.45. The first kappa shape index (κ1) is 9.87. The SMILES string of the molecule is COc1cc(O)c(CC#N)cc1Br.